The highest BCUT2D eigenvalue weighted by atomic mass is 35.5. The molecule has 0 aromatic heterocycles. The van der Waals surface area contributed by atoms with Crippen LogP contribution in [0.25, 0.3) is 0 Å². The van der Waals surface area contributed by atoms with Gasteiger partial charge in [-0.2, -0.15) is 0 Å². The van der Waals surface area contributed by atoms with Crippen molar-refractivity contribution in [1.29, 1.82) is 0 Å². The fourth-order valence-corrected chi connectivity index (χ4v) is 4.03. The number of carbonyl (C=O) groups is 2. The summed E-state index contributed by atoms with van der Waals surface area (Å²) < 4.78 is 23.8. The van der Waals surface area contributed by atoms with Crippen LogP contribution in [0.1, 0.15) is 29.8 Å². The van der Waals surface area contributed by atoms with Crippen LogP contribution < -0.4 is 9.47 Å². The Morgan fingerprint density at radius 2 is 1.81 bits per heavy atom. The van der Waals surface area contributed by atoms with Gasteiger partial charge in [0, 0.05) is 37.8 Å². The summed E-state index contributed by atoms with van der Waals surface area (Å²) in [6.45, 7) is 5.50. The lowest BCUT2D eigenvalue weighted by Gasteiger charge is -2.44. The SMILES string of the molecule is COc1cc(OCC(=O)N2CC(C)N(Cc3ccc(F)cc3)CC2C)c(C(=O)O)cc1Cl. The van der Waals surface area contributed by atoms with Gasteiger partial charge in [0.25, 0.3) is 5.91 Å². The average molecular weight is 465 g/mol. The van der Waals surface area contributed by atoms with Gasteiger partial charge in [-0.25, -0.2) is 9.18 Å². The van der Waals surface area contributed by atoms with Crippen LogP contribution in [-0.4, -0.2) is 65.7 Å². The van der Waals surface area contributed by atoms with Gasteiger partial charge in [0.1, 0.15) is 22.9 Å². The van der Waals surface area contributed by atoms with Crippen molar-refractivity contribution in [2.45, 2.75) is 32.5 Å². The first-order valence-electron chi connectivity index (χ1n) is 10.2. The molecule has 1 saturated heterocycles. The van der Waals surface area contributed by atoms with Crippen molar-refractivity contribution >= 4 is 23.5 Å². The lowest BCUT2D eigenvalue weighted by atomic mass is 10.1. The van der Waals surface area contributed by atoms with Gasteiger partial charge in [-0.05, 0) is 37.6 Å². The molecule has 1 aliphatic heterocycles. The van der Waals surface area contributed by atoms with Gasteiger partial charge in [0.05, 0.1) is 12.1 Å². The Morgan fingerprint density at radius 3 is 2.44 bits per heavy atom. The first-order chi connectivity index (χ1) is 15.2. The van der Waals surface area contributed by atoms with Gasteiger partial charge >= 0.3 is 5.97 Å². The summed E-state index contributed by atoms with van der Waals surface area (Å²) in [5.41, 5.74) is 0.862. The summed E-state index contributed by atoms with van der Waals surface area (Å²) >= 11 is 6.00. The zero-order valence-corrected chi connectivity index (χ0v) is 18.9. The van der Waals surface area contributed by atoms with Crippen LogP contribution in [-0.2, 0) is 11.3 Å². The molecule has 172 valence electrons. The average Bonchev–Trinajstić information content (AvgIpc) is 2.76. The summed E-state index contributed by atoms with van der Waals surface area (Å²) in [7, 11) is 1.41. The van der Waals surface area contributed by atoms with Gasteiger partial charge in [-0.1, -0.05) is 23.7 Å². The zero-order chi connectivity index (χ0) is 23.4. The summed E-state index contributed by atoms with van der Waals surface area (Å²) in [6, 6.07) is 9.03. The number of rotatable bonds is 7. The number of amides is 1. The molecule has 7 nitrogen and oxygen atoms in total. The molecule has 1 fully saturated rings. The number of halogens is 2. The normalized spacial score (nSPS) is 19.0. The summed E-state index contributed by atoms with van der Waals surface area (Å²) in [5, 5.41) is 9.55. The molecule has 1 aliphatic rings. The van der Waals surface area contributed by atoms with E-state index in [0.717, 1.165) is 5.56 Å². The van der Waals surface area contributed by atoms with Gasteiger partial charge in [0.2, 0.25) is 0 Å². The fraction of sp³-hybridized carbons (Fsp3) is 0.391. The molecule has 32 heavy (non-hydrogen) atoms. The Hall–Kier alpha value is -2.84. The maximum Gasteiger partial charge on any atom is 0.339 e. The predicted octanol–water partition coefficient (Wildman–Crippen LogP) is 3.69. The summed E-state index contributed by atoms with van der Waals surface area (Å²) in [6.07, 6.45) is 0. The summed E-state index contributed by atoms with van der Waals surface area (Å²) in [5.74, 6) is -1.45. The number of piperazine rings is 1. The lowest BCUT2D eigenvalue weighted by Crippen LogP contribution is -2.58. The van der Waals surface area contributed by atoms with E-state index in [0.29, 0.717) is 19.6 Å². The van der Waals surface area contributed by atoms with Gasteiger partial charge < -0.3 is 19.5 Å². The number of ether oxygens (including phenoxy) is 2. The van der Waals surface area contributed by atoms with Crippen molar-refractivity contribution in [3.63, 3.8) is 0 Å². The quantitative estimate of drug-likeness (QED) is 0.673. The van der Waals surface area contributed by atoms with E-state index in [1.165, 1.54) is 31.4 Å². The maximum atomic E-state index is 13.2. The van der Waals surface area contributed by atoms with E-state index in [1.807, 2.05) is 13.8 Å². The van der Waals surface area contributed by atoms with Gasteiger partial charge in [-0.3, -0.25) is 9.69 Å². The van der Waals surface area contributed by atoms with E-state index in [2.05, 4.69) is 4.90 Å². The monoisotopic (exact) mass is 464 g/mol. The second-order valence-corrected chi connectivity index (χ2v) is 8.28. The molecule has 0 spiro atoms. The van der Waals surface area contributed by atoms with Crippen molar-refractivity contribution in [3.05, 3.63) is 58.4 Å². The second kappa shape index (κ2) is 10.2. The molecule has 2 aromatic carbocycles. The number of methoxy groups -OCH3 is 1. The minimum atomic E-state index is -1.21. The topological polar surface area (TPSA) is 79.3 Å². The maximum absolute atomic E-state index is 13.2. The molecule has 0 bridgehead atoms. The third-order valence-electron chi connectivity index (χ3n) is 5.57. The van der Waals surface area contributed by atoms with Crippen LogP contribution in [0.15, 0.2) is 36.4 Å². The first kappa shape index (κ1) is 23.8. The molecular formula is C23H26ClFN2O5. The van der Waals surface area contributed by atoms with Crippen molar-refractivity contribution in [2.75, 3.05) is 26.8 Å². The van der Waals surface area contributed by atoms with E-state index in [9.17, 15) is 19.1 Å². The van der Waals surface area contributed by atoms with Crippen molar-refractivity contribution in [1.82, 2.24) is 9.80 Å². The zero-order valence-electron chi connectivity index (χ0n) is 18.2. The third-order valence-corrected chi connectivity index (χ3v) is 5.87. The number of aromatic carboxylic acids is 1. The first-order valence-corrected chi connectivity index (χ1v) is 10.6. The lowest BCUT2D eigenvalue weighted by molar-refractivity contribution is -0.139. The van der Waals surface area contributed by atoms with Crippen molar-refractivity contribution in [2.24, 2.45) is 0 Å². The molecule has 1 amide bonds. The van der Waals surface area contributed by atoms with E-state index in [4.69, 9.17) is 21.1 Å². The standard InChI is InChI=1S/C23H26ClFN2O5/c1-14-11-27(15(2)10-26(14)12-16-4-6-17(25)7-5-16)22(28)13-32-20-9-21(31-3)19(24)8-18(20)23(29)30/h4-9,14-15H,10-13H2,1-3H3,(H,29,30). The molecule has 0 aliphatic carbocycles. The Bertz CT molecular complexity index is 985. The molecule has 1 heterocycles. The molecule has 0 radical (unpaired) electrons. The van der Waals surface area contributed by atoms with Crippen LogP contribution in [0.2, 0.25) is 5.02 Å². The highest BCUT2D eigenvalue weighted by Crippen LogP contribution is 2.33. The number of benzene rings is 2. The van der Waals surface area contributed by atoms with Crippen LogP contribution in [0.4, 0.5) is 4.39 Å². The number of carbonyl (C=O) groups excluding carboxylic acids is 1. The van der Waals surface area contributed by atoms with Crippen molar-refractivity contribution < 1.29 is 28.6 Å². The molecule has 0 saturated carbocycles. The predicted molar refractivity (Wildman–Crippen MR) is 118 cm³/mol. The molecule has 3 rings (SSSR count). The fourth-order valence-electron chi connectivity index (χ4n) is 3.79. The van der Waals surface area contributed by atoms with Crippen molar-refractivity contribution in [3.8, 4) is 11.5 Å². The Labute approximate surface area is 191 Å². The van der Waals surface area contributed by atoms with E-state index < -0.39 is 5.97 Å². The number of hydrogen-bond acceptors (Lipinski definition) is 5. The Kier molecular flexibility index (Phi) is 7.58. The molecule has 1 N–H and O–H groups in total. The number of hydrogen-bond donors (Lipinski definition) is 1. The molecule has 2 aromatic rings. The number of carboxylic acid groups (broad SMARTS) is 1. The van der Waals surface area contributed by atoms with Gasteiger partial charge in [-0.15, -0.1) is 0 Å². The number of nitrogens with zero attached hydrogens (tertiary/aromatic N) is 2. The van der Waals surface area contributed by atoms with Crippen LogP contribution >= 0.6 is 11.6 Å². The number of carboxylic acids is 1. The van der Waals surface area contributed by atoms with Crippen LogP contribution in [0, 0.1) is 5.82 Å². The third kappa shape index (κ3) is 5.49. The van der Waals surface area contributed by atoms with E-state index in [1.54, 1.807) is 17.0 Å². The minimum absolute atomic E-state index is 0.0164. The highest BCUT2D eigenvalue weighted by Gasteiger charge is 2.32. The molecule has 2 atom stereocenters. The second-order valence-electron chi connectivity index (χ2n) is 7.88. The summed E-state index contributed by atoms with van der Waals surface area (Å²) in [4.78, 5) is 28.4. The minimum Gasteiger partial charge on any atom is -0.495 e. The van der Waals surface area contributed by atoms with E-state index in [-0.39, 0.29) is 52.5 Å². The van der Waals surface area contributed by atoms with Gasteiger partial charge in [0.15, 0.2) is 6.61 Å². The smallest absolute Gasteiger partial charge is 0.339 e. The molecule has 2 unspecified atom stereocenters. The molecule has 9 heteroatoms. The van der Waals surface area contributed by atoms with Crippen LogP contribution in [0.3, 0.4) is 0 Å². The Morgan fingerprint density at radius 1 is 1.12 bits per heavy atom. The Balaban J connectivity index is 1.64. The van der Waals surface area contributed by atoms with E-state index >= 15 is 0 Å². The highest BCUT2D eigenvalue weighted by molar-refractivity contribution is 6.32. The molecular weight excluding hydrogens is 439 g/mol. The largest absolute Gasteiger partial charge is 0.495 e. The van der Waals surface area contributed by atoms with Crippen LogP contribution in [0.5, 0.6) is 11.5 Å².